The lowest BCUT2D eigenvalue weighted by Crippen LogP contribution is -2.17. The number of nitrogens with two attached hydrogens (primary N) is 1. The Morgan fingerprint density at radius 2 is 1.88 bits per heavy atom. The molecule has 0 amide bonds. The molecule has 0 aliphatic carbocycles. The number of benzene rings is 1. The minimum Gasteiger partial charge on any atom is -0.323 e. The molecule has 0 radical (unpaired) electrons. The first-order chi connectivity index (χ1) is 7.70. The topological polar surface area (TPSA) is 26.0 Å². The third-order valence-corrected chi connectivity index (χ3v) is 4.62. The average molecular weight is 296 g/mol. The SMILES string of the molecule is CC(c1ccccc1)C(N)c1cscc1Br. The van der Waals surface area contributed by atoms with Crippen molar-refractivity contribution in [2.24, 2.45) is 5.73 Å². The van der Waals surface area contributed by atoms with Crippen molar-refractivity contribution in [3.8, 4) is 0 Å². The predicted octanol–water partition coefficient (Wildman–Crippen LogP) is 4.31. The van der Waals surface area contributed by atoms with E-state index in [0.29, 0.717) is 5.92 Å². The van der Waals surface area contributed by atoms with Crippen LogP contribution in [0.25, 0.3) is 0 Å². The first kappa shape index (κ1) is 11.8. The molecular formula is C13H14BrNS. The summed E-state index contributed by atoms with van der Waals surface area (Å²) < 4.78 is 1.12. The van der Waals surface area contributed by atoms with Crippen LogP contribution < -0.4 is 5.73 Å². The Hall–Kier alpha value is -0.640. The summed E-state index contributed by atoms with van der Waals surface area (Å²) in [5, 5.41) is 4.20. The van der Waals surface area contributed by atoms with Crippen LogP contribution in [0, 0.1) is 0 Å². The van der Waals surface area contributed by atoms with E-state index in [1.54, 1.807) is 11.3 Å². The normalized spacial score (nSPS) is 14.7. The van der Waals surface area contributed by atoms with Gasteiger partial charge in [0.2, 0.25) is 0 Å². The van der Waals surface area contributed by atoms with Crippen molar-refractivity contribution in [1.29, 1.82) is 0 Å². The molecule has 1 nitrogen and oxygen atoms in total. The van der Waals surface area contributed by atoms with Crippen LogP contribution in [-0.4, -0.2) is 0 Å². The molecule has 2 N–H and O–H groups in total. The Morgan fingerprint density at radius 1 is 1.19 bits per heavy atom. The summed E-state index contributed by atoms with van der Waals surface area (Å²) >= 11 is 5.22. The molecule has 0 saturated carbocycles. The number of hydrogen-bond donors (Lipinski definition) is 1. The summed E-state index contributed by atoms with van der Waals surface area (Å²) in [4.78, 5) is 0. The van der Waals surface area contributed by atoms with Gasteiger partial charge in [0.1, 0.15) is 0 Å². The summed E-state index contributed by atoms with van der Waals surface area (Å²) in [7, 11) is 0. The van der Waals surface area contributed by atoms with Gasteiger partial charge in [-0.3, -0.25) is 0 Å². The average Bonchev–Trinajstić information content (AvgIpc) is 2.75. The van der Waals surface area contributed by atoms with Gasteiger partial charge in [0.25, 0.3) is 0 Å². The monoisotopic (exact) mass is 295 g/mol. The Balaban J connectivity index is 2.23. The number of rotatable bonds is 3. The lowest BCUT2D eigenvalue weighted by molar-refractivity contribution is 0.598. The fourth-order valence-electron chi connectivity index (χ4n) is 1.76. The maximum Gasteiger partial charge on any atom is 0.0381 e. The highest BCUT2D eigenvalue weighted by molar-refractivity contribution is 9.10. The molecule has 0 bridgehead atoms. The van der Waals surface area contributed by atoms with Crippen LogP contribution in [0.2, 0.25) is 0 Å². The van der Waals surface area contributed by atoms with E-state index in [4.69, 9.17) is 5.73 Å². The molecule has 1 heterocycles. The maximum atomic E-state index is 6.29. The number of thiophene rings is 1. The zero-order valence-corrected chi connectivity index (χ0v) is 11.5. The minimum atomic E-state index is 0.0445. The smallest absolute Gasteiger partial charge is 0.0381 e. The van der Waals surface area contributed by atoms with E-state index in [-0.39, 0.29) is 6.04 Å². The van der Waals surface area contributed by atoms with Crippen LogP contribution in [0.1, 0.15) is 30.0 Å². The van der Waals surface area contributed by atoms with Gasteiger partial charge in [-0.1, -0.05) is 37.3 Å². The van der Waals surface area contributed by atoms with Crippen LogP contribution in [0.15, 0.2) is 45.6 Å². The second-order valence-electron chi connectivity index (χ2n) is 3.90. The molecule has 0 saturated heterocycles. The lowest BCUT2D eigenvalue weighted by Gasteiger charge is -2.20. The Labute approximate surface area is 108 Å². The summed E-state index contributed by atoms with van der Waals surface area (Å²) in [5.74, 6) is 0.326. The van der Waals surface area contributed by atoms with Crippen molar-refractivity contribution in [2.45, 2.75) is 18.9 Å². The van der Waals surface area contributed by atoms with Crippen LogP contribution in [0.5, 0.6) is 0 Å². The molecule has 0 aliphatic heterocycles. The Morgan fingerprint density at radius 3 is 2.44 bits per heavy atom. The molecule has 2 atom stereocenters. The van der Waals surface area contributed by atoms with Crippen LogP contribution in [0.3, 0.4) is 0 Å². The van der Waals surface area contributed by atoms with E-state index in [1.165, 1.54) is 11.1 Å². The zero-order valence-electron chi connectivity index (χ0n) is 9.06. The second kappa shape index (κ2) is 5.13. The molecule has 2 aromatic rings. The molecule has 0 aliphatic rings. The summed E-state index contributed by atoms with van der Waals surface area (Å²) in [6, 6.07) is 10.4. The van der Waals surface area contributed by atoms with Gasteiger partial charge in [0, 0.05) is 21.8 Å². The molecule has 16 heavy (non-hydrogen) atoms. The molecular weight excluding hydrogens is 282 g/mol. The second-order valence-corrected chi connectivity index (χ2v) is 5.50. The van der Waals surface area contributed by atoms with E-state index in [2.05, 4.69) is 57.9 Å². The van der Waals surface area contributed by atoms with E-state index in [9.17, 15) is 0 Å². The molecule has 2 unspecified atom stereocenters. The van der Waals surface area contributed by atoms with Gasteiger partial charge in [-0.2, -0.15) is 11.3 Å². The highest BCUT2D eigenvalue weighted by atomic mass is 79.9. The van der Waals surface area contributed by atoms with Gasteiger partial charge in [-0.05, 0) is 32.4 Å². The molecule has 2 rings (SSSR count). The van der Waals surface area contributed by atoms with Crippen molar-refractivity contribution >= 4 is 27.3 Å². The Kier molecular flexibility index (Phi) is 3.79. The van der Waals surface area contributed by atoms with Crippen molar-refractivity contribution < 1.29 is 0 Å². The molecule has 1 aromatic heterocycles. The highest BCUT2D eigenvalue weighted by Crippen LogP contribution is 2.34. The van der Waals surface area contributed by atoms with Gasteiger partial charge < -0.3 is 5.73 Å². The molecule has 0 fully saturated rings. The molecule has 0 spiro atoms. The van der Waals surface area contributed by atoms with Crippen molar-refractivity contribution in [3.63, 3.8) is 0 Å². The van der Waals surface area contributed by atoms with Gasteiger partial charge in [-0.25, -0.2) is 0 Å². The fraction of sp³-hybridized carbons (Fsp3) is 0.231. The molecule has 3 heteroatoms. The first-order valence-corrected chi connectivity index (χ1v) is 6.96. The minimum absolute atomic E-state index is 0.0445. The lowest BCUT2D eigenvalue weighted by atomic mass is 9.90. The number of halogens is 1. The van der Waals surface area contributed by atoms with Gasteiger partial charge >= 0.3 is 0 Å². The first-order valence-electron chi connectivity index (χ1n) is 5.22. The Bertz CT molecular complexity index is 452. The van der Waals surface area contributed by atoms with Gasteiger partial charge in [0.05, 0.1) is 0 Å². The van der Waals surface area contributed by atoms with E-state index < -0.39 is 0 Å². The van der Waals surface area contributed by atoms with Gasteiger partial charge in [-0.15, -0.1) is 0 Å². The van der Waals surface area contributed by atoms with Gasteiger partial charge in [0.15, 0.2) is 0 Å². The quantitative estimate of drug-likeness (QED) is 0.897. The fourth-order valence-corrected chi connectivity index (χ4v) is 3.37. The van der Waals surface area contributed by atoms with Crippen molar-refractivity contribution in [1.82, 2.24) is 0 Å². The standard InChI is InChI=1S/C13H14BrNS/c1-9(10-5-3-2-4-6-10)13(15)11-7-16-8-12(11)14/h2-9,13H,15H2,1H3. The highest BCUT2D eigenvalue weighted by Gasteiger charge is 2.19. The summed E-state index contributed by atoms with van der Waals surface area (Å²) in [6.45, 7) is 2.17. The third-order valence-electron chi connectivity index (χ3n) is 2.87. The molecule has 1 aromatic carbocycles. The maximum absolute atomic E-state index is 6.29. The van der Waals surface area contributed by atoms with Crippen LogP contribution in [-0.2, 0) is 0 Å². The summed E-state index contributed by atoms with van der Waals surface area (Å²) in [6.07, 6.45) is 0. The molecule has 84 valence electrons. The summed E-state index contributed by atoms with van der Waals surface area (Å²) in [5.41, 5.74) is 8.77. The number of hydrogen-bond acceptors (Lipinski definition) is 2. The zero-order chi connectivity index (χ0) is 11.5. The van der Waals surface area contributed by atoms with Crippen LogP contribution in [0.4, 0.5) is 0 Å². The van der Waals surface area contributed by atoms with E-state index >= 15 is 0 Å². The largest absolute Gasteiger partial charge is 0.323 e. The predicted molar refractivity (Wildman–Crippen MR) is 73.8 cm³/mol. The van der Waals surface area contributed by atoms with E-state index in [0.717, 1.165) is 4.47 Å². The van der Waals surface area contributed by atoms with E-state index in [1.807, 2.05) is 6.07 Å². The third kappa shape index (κ3) is 2.37. The van der Waals surface area contributed by atoms with Crippen LogP contribution >= 0.6 is 27.3 Å². The van der Waals surface area contributed by atoms with Crippen molar-refractivity contribution in [2.75, 3.05) is 0 Å². The van der Waals surface area contributed by atoms with Crippen molar-refractivity contribution in [3.05, 3.63) is 56.7 Å².